The average Bonchev–Trinajstić information content (AvgIpc) is 2.84. The van der Waals surface area contributed by atoms with Crippen LogP contribution in [-0.2, 0) is 20.7 Å². The van der Waals surface area contributed by atoms with Crippen LogP contribution in [0.15, 0.2) is 0 Å². The summed E-state index contributed by atoms with van der Waals surface area (Å²) in [5.74, 6) is -0.701. The van der Waals surface area contributed by atoms with E-state index in [1.165, 1.54) is 18.4 Å². The molecule has 0 fully saturated rings. The van der Waals surface area contributed by atoms with E-state index in [-0.39, 0.29) is 23.8 Å². The monoisotopic (exact) mass is 300 g/mol. The standard InChI is InChI=1S/C12H20N4O3S/c1-7(8(2)13)11(18)14-12-16-15-9(20-12)5-4-6-10(17)19-3/h7-8H,4-6,13H2,1-3H3,(H,14,16,18). The summed E-state index contributed by atoms with van der Waals surface area (Å²) in [6.07, 6.45) is 1.62. The van der Waals surface area contributed by atoms with Gasteiger partial charge in [0.2, 0.25) is 11.0 Å². The Bertz CT molecular complexity index is 461. The van der Waals surface area contributed by atoms with Gasteiger partial charge in [-0.05, 0) is 13.3 Å². The first kappa shape index (κ1) is 16.5. The number of aromatic nitrogens is 2. The molecule has 0 aromatic carbocycles. The van der Waals surface area contributed by atoms with Gasteiger partial charge >= 0.3 is 5.97 Å². The van der Waals surface area contributed by atoms with Crippen molar-refractivity contribution in [3.63, 3.8) is 0 Å². The Labute approximate surface area is 121 Å². The van der Waals surface area contributed by atoms with Gasteiger partial charge in [-0.1, -0.05) is 18.3 Å². The van der Waals surface area contributed by atoms with Crippen LogP contribution in [0.3, 0.4) is 0 Å². The lowest BCUT2D eigenvalue weighted by Gasteiger charge is -2.13. The Kier molecular flexibility index (Phi) is 6.53. The van der Waals surface area contributed by atoms with E-state index in [1.54, 1.807) is 13.8 Å². The SMILES string of the molecule is COC(=O)CCCc1nnc(NC(=O)C(C)C(C)N)s1. The predicted molar refractivity (Wildman–Crippen MR) is 76.3 cm³/mol. The highest BCUT2D eigenvalue weighted by molar-refractivity contribution is 7.15. The highest BCUT2D eigenvalue weighted by Crippen LogP contribution is 2.18. The van der Waals surface area contributed by atoms with Crippen molar-refractivity contribution >= 4 is 28.3 Å². The number of esters is 1. The van der Waals surface area contributed by atoms with Crippen LogP contribution in [0.2, 0.25) is 0 Å². The number of amides is 1. The summed E-state index contributed by atoms with van der Waals surface area (Å²) in [6, 6.07) is -0.220. The zero-order valence-electron chi connectivity index (χ0n) is 11.9. The molecule has 1 rings (SSSR count). The molecule has 2 unspecified atom stereocenters. The van der Waals surface area contributed by atoms with Gasteiger partial charge in [0, 0.05) is 18.9 Å². The summed E-state index contributed by atoms with van der Waals surface area (Å²) in [7, 11) is 1.36. The van der Waals surface area contributed by atoms with Crippen LogP contribution in [0.1, 0.15) is 31.7 Å². The number of nitrogens with zero attached hydrogens (tertiary/aromatic N) is 2. The maximum Gasteiger partial charge on any atom is 0.305 e. The fraction of sp³-hybridized carbons (Fsp3) is 0.667. The highest BCUT2D eigenvalue weighted by Gasteiger charge is 2.18. The molecular weight excluding hydrogens is 280 g/mol. The molecule has 0 saturated heterocycles. The zero-order chi connectivity index (χ0) is 15.1. The molecule has 112 valence electrons. The van der Waals surface area contributed by atoms with E-state index < -0.39 is 0 Å². The maximum atomic E-state index is 11.8. The summed E-state index contributed by atoms with van der Waals surface area (Å²) < 4.78 is 4.55. The van der Waals surface area contributed by atoms with Gasteiger partial charge < -0.3 is 15.8 Å². The third kappa shape index (κ3) is 5.22. The fourth-order valence-corrected chi connectivity index (χ4v) is 2.13. The second-order valence-corrected chi connectivity index (χ2v) is 5.63. The molecule has 20 heavy (non-hydrogen) atoms. The van der Waals surface area contributed by atoms with E-state index in [9.17, 15) is 9.59 Å². The minimum atomic E-state index is -0.290. The topological polar surface area (TPSA) is 107 Å². The molecule has 8 heteroatoms. The molecule has 0 aliphatic rings. The van der Waals surface area contributed by atoms with E-state index in [0.29, 0.717) is 24.4 Å². The van der Waals surface area contributed by atoms with Crippen LogP contribution in [0.4, 0.5) is 5.13 Å². The van der Waals surface area contributed by atoms with Crippen molar-refractivity contribution in [2.24, 2.45) is 11.7 Å². The van der Waals surface area contributed by atoms with E-state index in [1.807, 2.05) is 0 Å². The Morgan fingerprint density at radius 3 is 2.70 bits per heavy atom. The number of nitrogens with one attached hydrogen (secondary N) is 1. The van der Waals surface area contributed by atoms with Crippen molar-refractivity contribution in [1.82, 2.24) is 10.2 Å². The van der Waals surface area contributed by atoms with E-state index in [4.69, 9.17) is 5.73 Å². The number of carbonyl (C=O) groups excluding carboxylic acids is 2. The number of methoxy groups -OCH3 is 1. The van der Waals surface area contributed by atoms with Crippen LogP contribution in [0.25, 0.3) is 0 Å². The Morgan fingerprint density at radius 2 is 2.10 bits per heavy atom. The number of aryl methyl sites for hydroxylation is 1. The van der Waals surface area contributed by atoms with Gasteiger partial charge in [-0.15, -0.1) is 10.2 Å². The van der Waals surface area contributed by atoms with E-state index in [2.05, 4.69) is 20.3 Å². The van der Waals surface area contributed by atoms with Gasteiger partial charge in [0.1, 0.15) is 5.01 Å². The Morgan fingerprint density at radius 1 is 1.40 bits per heavy atom. The molecule has 1 aromatic rings. The van der Waals surface area contributed by atoms with E-state index >= 15 is 0 Å². The lowest BCUT2D eigenvalue weighted by molar-refractivity contribution is -0.140. The number of anilines is 1. The number of ether oxygens (including phenoxy) is 1. The van der Waals surface area contributed by atoms with E-state index in [0.717, 1.165) is 5.01 Å². The molecule has 0 radical (unpaired) electrons. The molecule has 1 aromatic heterocycles. The first-order valence-corrected chi connectivity index (χ1v) is 7.21. The molecular formula is C12H20N4O3S. The summed E-state index contributed by atoms with van der Waals surface area (Å²) in [4.78, 5) is 22.8. The fourth-order valence-electron chi connectivity index (χ4n) is 1.35. The molecule has 0 saturated carbocycles. The average molecular weight is 300 g/mol. The molecule has 0 aliphatic carbocycles. The summed E-state index contributed by atoms with van der Waals surface area (Å²) in [5.41, 5.74) is 5.67. The lowest BCUT2D eigenvalue weighted by Crippen LogP contribution is -2.34. The second-order valence-electron chi connectivity index (χ2n) is 4.57. The summed E-state index contributed by atoms with van der Waals surface area (Å²) in [6.45, 7) is 3.54. The van der Waals surface area contributed by atoms with Crippen LogP contribution < -0.4 is 11.1 Å². The van der Waals surface area contributed by atoms with Crippen molar-refractivity contribution in [2.45, 2.75) is 39.2 Å². The van der Waals surface area contributed by atoms with Crippen molar-refractivity contribution in [3.05, 3.63) is 5.01 Å². The van der Waals surface area contributed by atoms with Gasteiger partial charge in [-0.3, -0.25) is 9.59 Å². The molecule has 1 amide bonds. The predicted octanol–water partition coefficient (Wildman–Crippen LogP) is 0.956. The van der Waals surface area contributed by atoms with Crippen LogP contribution in [-0.4, -0.2) is 35.2 Å². The van der Waals surface area contributed by atoms with Crippen LogP contribution in [0, 0.1) is 5.92 Å². The molecule has 1 heterocycles. The number of hydrogen-bond donors (Lipinski definition) is 2. The maximum absolute atomic E-state index is 11.8. The van der Waals surface area contributed by atoms with Gasteiger partial charge in [-0.2, -0.15) is 0 Å². The molecule has 7 nitrogen and oxygen atoms in total. The minimum Gasteiger partial charge on any atom is -0.469 e. The number of rotatable bonds is 7. The molecule has 2 atom stereocenters. The van der Waals surface area contributed by atoms with Crippen molar-refractivity contribution < 1.29 is 14.3 Å². The Hall–Kier alpha value is -1.54. The largest absolute Gasteiger partial charge is 0.469 e. The van der Waals surface area contributed by atoms with Crippen LogP contribution >= 0.6 is 11.3 Å². The normalized spacial score (nSPS) is 13.6. The molecule has 0 bridgehead atoms. The zero-order valence-corrected chi connectivity index (χ0v) is 12.7. The lowest BCUT2D eigenvalue weighted by atomic mass is 10.0. The Balaban J connectivity index is 2.43. The molecule has 3 N–H and O–H groups in total. The third-order valence-corrected chi connectivity index (χ3v) is 3.80. The smallest absolute Gasteiger partial charge is 0.305 e. The third-order valence-electron chi connectivity index (χ3n) is 2.90. The first-order chi connectivity index (χ1) is 9.43. The quantitative estimate of drug-likeness (QED) is 0.726. The highest BCUT2D eigenvalue weighted by atomic mass is 32.1. The van der Waals surface area contributed by atoms with Crippen LogP contribution in [0.5, 0.6) is 0 Å². The van der Waals surface area contributed by atoms with Gasteiger partial charge in [0.05, 0.1) is 13.0 Å². The molecule has 0 aliphatic heterocycles. The number of hydrogen-bond acceptors (Lipinski definition) is 7. The van der Waals surface area contributed by atoms with Gasteiger partial charge in [-0.25, -0.2) is 0 Å². The minimum absolute atomic E-state index is 0.169. The first-order valence-electron chi connectivity index (χ1n) is 6.39. The number of carbonyl (C=O) groups is 2. The van der Waals surface area contributed by atoms with Crippen molar-refractivity contribution in [3.8, 4) is 0 Å². The second kappa shape index (κ2) is 7.91. The summed E-state index contributed by atoms with van der Waals surface area (Å²) >= 11 is 1.30. The van der Waals surface area contributed by atoms with Gasteiger partial charge in [0.15, 0.2) is 0 Å². The number of nitrogens with two attached hydrogens (primary N) is 1. The summed E-state index contributed by atoms with van der Waals surface area (Å²) in [5, 5.41) is 11.8. The van der Waals surface area contributed by atoms with Crippen molar-refractivity contribution in [1.29, 1.82) is 0 Å². The molecule has 0 spiro atoms. The van der Waals surface area contributed by atoms with Crippen molar-refractivity contribution in [2.75, 3.05) is 12.4 Å². The van der Waals surface area contributed by atoms with Gasteiger partial charge in [0.25, 0.3) is 0 Å².